The summed E-state index contributed by atoms with van der Waals surface area (Å²) >= 11 is 0. The van der Waals surface area contributed by atoms with E-state index in [9.17, 15) is 9.59 Å². The lowest BCUT2D eigenvalue weighted by molar-refractivity contribution is -0.135. The predicted octanol–water partition coefficient (Wildman–Crippen LogP) is 1.72. The van der Waals surface area contributed by atoms with Crippen LogP contribution in [0.3, 0.4) is 0 Å². The van der Waals surface area contributed by atoms with Crippen LogP contribution >= 0.6 is 43.2 Å². The van der Waals surface area contributed by atoms with E-state index in [1.807, 2.05) is 12.5 Å². The average Bonchev–Trinajstić information content (AvgIpc) is 2.69. The van der Waals surface area contributed by atoms with Crippen LogP contribution in [0.1, 0.15) is 6.92 Å². The molecule has 1 aliphatic heterocycles. The molecule has 0 aromatic heterocycles. The monoisotopic (exact) mass is 326 g/mol. The minimum absolute atomic E-state index is 0.0541. The van der Waals surface area contributed by atoms with Crippen molar-refractivity contribution in [2.24, 2.45) is 0 Å². The third-order valence-corrected chi connectivity index (χ3v) is 6.25. The third-order valence-electron chi connectivity index (χ3n) is 2.63. The number of nitrogens with zero attached hydrogens (tertiary/aromatic N) is 1. The summed E-state index contributed by atoms with van der Waals surface area (Å²) in [4.78, 5) is 25.5. The van der Waals surface area contributed by atoms with Crippen LogP contribution in [0, 0.1) is 0 Å². The van der Waals surface area contributed by atoms with E-state index in [1.165, 1.54) is 0 Å². The minimum atomic E-state index is -0.299. The van der Waals surface area contributed by atoms with Gasteiger partial charge in [0, 0.05) is 11.5 Å². The van der Waals surface area contributed by atoms with Crippen molar-refractivity contribution in [3.63, 3.8) is 0 Å². The van der Waals surface area contributed by atoms with Gasteiger partial charge in [0.2, 0.25) is 5.91 Å². The van der Waals surface area contributed by atoms with Gasteiger partial charge in [-0.2, -0.15) is 0 Å². The largest absolute Gasteiger partial charge is 0.318 e. The molecule has 0 aliphatic carbocycles. The van der Waals surface area contributed by atoms with E-state index in [-0.39, 0.29) is 23.8 Å². The zero-order valence-corrected chi connectivity index (χ0v) is 13.9. The van der Waals surface area contributed by atoms with Crippen molar-refractivity contribution in [1.82, 2.24) is 10.2 Å². The molecule has 1 aliphatic rings. The predicted molar refractivity (Wildman–Crippen MR) is 85.1 cm³/mol. The van der Waals surface area contributed by atoms with E-state index in [0.717, 1.165) is 5.75 Å². The number of carbonyl (C=O) groups is 2. The molecule has 0 aromatic carbocycles. The first kappa shape index (κ1) is 16.6. The Morgan fingerprint density at radius 2 is 2.11 bits per heavy atom. The molecule has 1 amide bonds. The standard InChI is InChI=1S/C10H18N2O2S4/c1-7(13)9(5-18-16-3)12-6-11-8(10(12)14)4-17-15-2/h8-9,11H,4-6H2,1-3H3. The molecule has 1 N–H and O–H groups in total. The van der Waals surface area contributed by atoms with Crippen LogP contribution < -0.4 is 5.32 Å². The van der Waals surface area contributed by atoms with E-state index in [0.29, 0.717) is 12.4 Å². The van der Waals surface area contributed by atoms with Gasteiger partial charge in [-0.1, -0.05) is 43.2 Å². The molecular formula is C10H18N2O2S4. The number of ketones is 1. The van der Waals surface area contributed by atoms with Crippen LogP contribution in [0.25, 0.3) is 0 Å². The van der Waals surface area contributed by atoms with Gasteiger partial charge in [0.05, 0.1) is 12.7 Å². The summed E-state index contributed by atoms with van der Waals surface area (Å²) in [6, 6.07) is -0.449. The number of Topliss-reactive ketones (excluding diaryl/α,β-unsaturated/α-hetero) is 1. The fourth-order valence-corrected chi connectivity index (χ4v) is 4.49. The molecule has 0 saturated carbocycles. The molecule has 1 saturated heterocycles. The molecular weight excluding hydrogens is 308 g/mol. The normalized spacial score (nSPS) is 21.4. The number of rotatable bonds is 8. The summed E-state index contributed by atoms with van der Waals surface area (Å²) in [5, 5.41) is 3.18. The molecule has 1 rings (SSSR count). The van der Waals surface area contributed by atoms with Crippen LogP contribution in [0.5, 0.6) is 0 Å². The molecule has 1 fully saturated rings. The molecule has 0 aromatic rings. The highest BCUT2D eigenvalue weighted by atomic mass is 33.1. The van der Waals surface area contributed by atoms with Crippen molar-refractivity contribution in [1.29, 1.82) is 0 Å². The Bertz CT molecular complexity index is 304. The molecule has 2 unspecified atom stereocenters. The lowest BCUT2D eigenvalue weighted by Gasteiger charge is -2.24. The van der Waals surface area contributed by atoms with Crippen molar-refractivity contribution < 1.29 is 9.59 Å². The van der Waals surface area contributed by atoms with E-state index in [2.05, 4.69) is 5.32 Å². The van der Waals surface area contributed by atoms with Gasteiger partial charge < -0.3 is 4.90 Å². The highest BCUT2D eigenvalue weighted by molar-refractivity contribution is 8.76. The Kier molecular flexibility index (Phi) is 7.93. The van der Waals surface area contributed by atoms with Gasteiger partial charge >= 0.3 is 0 Å². The van der Waals surface area contributed by atoms with E-state index in [1.54, 1.807) is 55.0 Å². The van der Waals surface area contributed by atoms with E-state index in [4.69, 9.17) is 0 Å². The maximum Gasteiger partial charge on any atom is 0.242 e. The zero-order valence-electron chi connectivity index (χ0n) is 10.7. The van der Waals surface area contributed by atoms with Crippen molar-refractivity contribution in [3.05, 3.63) is 0 Å². The molecule has 1 heterocycles. The number of carbonyl (C=O) groups excluding carboxylic acids is 2. The molecule has 0 spiro atoms. The maximum absolute atomic E-state index is 12.2. The fourth-order valence-electron chi connectivity index (χ4n) is 1.66. The van der Waals surface area contributed by atoms with Crippen molar-refractivity contribution >= 4 is 54.9 Å². The topological polar surface area (TPSA) is 49.4 Å². The molecule has 0 radical (unpaired) electrons. The van der Waals surface area contributed by atoms with Gasteiger partial charge in [-0.25, -0.2) is 0 Å². The highest BCUT2D eigenvalue weighted by Gasteiger charge is 2.37. The van der Waals surface area contributed by atoms with Gasteiger partial charge in [-0.3, -0.25) is 14.9 Å². The van der Waals surface area contributed by atoms with E-state index < -0.39 is 0 Å². The first-order chi connectivity index (χ1) is 8.61. The van der Waals surface area contributed by atoms with E-state index >= 15 is 0 Å². The molecule has 8 heteroatoms. The first-order valence-electron chi connectivity index (χ1n) is 5.47. The lowest BCUT2D eigenvalue weighted by atomic mass is 10.2. The fraction of sp³-hybridized carbons (Fsp3) is 0.800. The van der Waals surface area contributed by atoms with Crippen LogP contribution in [-0.4, -0.2) is 59.4 Å². The second-order valence-electron chi connectivity index (χ2n) is 3.75. The Balaban J connectivity index is 2.59. The summed E-state index contributed by atoms with van der Waals surface area (Å²) in [7, 11) is 6.55. The Morgan fingerprint density at radius 3 is 2.67 bits per heavy atom. The number of hydrogen-bond acceptors (Lipinski definition) is 7. The Labute approximate surface area is 124 Å². The van der Waals surface area contributed by atoms with Crippen molar-refractivity contribution in [2.75, 3.05) is 30.7 Å². The zero-order chi connectivity index (χ0) is 13.5. The van der Waals surface area contributed by atoms with Crippen LogP contribution in [0.2, 0.25) is 0 Å². The lowest BCUT2D eigenvalue weighted by Crippen LogP contribution is -2.44. The number of amides is 1. The van der Waals surface area contributed by atoms with Gasteiger partial charge in [-0.05, 0) is 19.4 Å². The molecule has 104 valence electrons. The first-order valence-corrected chi connectivity index (χ1v) is 10.9. The second kappa shape index (κ2) is 8.63. The molecule has 4 nitrogen and oxygen atoms in total. The quantitative estimate of drug-likeness (QED) is 0.682. The number of hydrogen-bond donors (Lipinski definition) is 1. The average molecular weight is 327 g/mol. The molecule has 0 bridgehead atoms. The van der Waals surface area contributed by atoms with Crippen LogP contribution in [-0.2, 0) is 9.59 Å². The summed E-state index contributed by atoms with van der Waals surface area (Å²) in [5.41, 5.74) is 0. The maximum atomic E-state index is 12.2. The van der Waals surface area contributed by atoms with Gasteiger partial charge in [0.15, 0.2) is 5.78 Å². The van der Waals surface area contributed by atoms with Crippen LogP contribution in [0.15, 0.2) is 0 Å². The minimum Gasteiger partial charge on any atom is -0.318 e. The second-order valence-corrected chi connectivity index (χ2v) is 8.97. The van der Waals surface area contributed by atoms with Gasteiger partial charge in [0.25, 0.3) is 0 Å². The highest BCUT2D eigenvalue weighted by Crippen LogP contribution is 2.24. The third kappa shape index (κ3) is 4.56. The molecule has 2 atom stereocenters. The Hall–Kier alpha value is 0.500. The smallest absolute Gasteiger partial charge is 0.242 e. The van der Waals surface area contributed by atoms with Crippen molar-refractivity contribution in [2.45, 2.75) is 19.0 Å². The van der Waals surface area contributed by atoms with Crippen LogP contribution in [0.4, 0.5) is 0 Å². The Morgan fingerprint density at radius 1 is 1.44 bits per heavy atom. The van der Waals surface area contributed by atoms with Gasteiger partial charge in [-0.15, -0.1) is 0 Å². The SMILES string of the molecule is CSSCC1NCN(C(CSSC)C(C)=O)C1=O. The number of nitrogens with one attached hydrogen (secondary N) is 1. The summed E-state index contributed by atoms with van der Waals surface area (Å²) in [6.45, 7) is 2.04. The summed E-state index contributed by atoms with van der Waals surface area (Å²) in [6.07, 6.45) is 3.97. The summed E-state index contributed by atoms with van der Waals surface area (Å²) < 4.78 is 0. The van der Waals surface area contributed by atoms with Gasteiger partial charge in [0.1, 0.15) is 6.04 Å². The summed E-state index contributed by atoms with van der Waals surface area (Å²) in [5.74, 6) is 1.52. The van der Waals surface area contributed by atoms with Crippen molar-refractivity contribution in [3.8, 4) is 0 Å². The molecule has 18 heavy (non-hydrogen) atoms.